The number of hydrogen-bond donors (Lipinski definition) is 0. The molecule has 2 saturated heterocycles. The van der Waals surface area contributed by atoms with Crippen LogP contribution < -0.4 is 4.90 Å². The average molecular weight is 243 g/mol. The summed E-state index contributed by atoms with van der Waals surface area (Å²) in [5.41, 5.74) is 0.934. The molecule has 0 N–H and O–H groups in total. The number of hydrogen-bond acceptors (Lipinski definition) is 4. The number of fused-ring (bicyclic) bond motifs is 2. The molecule has 2 aromatic rings. The number of anilines is 1. The second-order valence-corrected chi connectivity index (χ2v) is 5.25. The Bertz CT molecular complexity index is 565. The van der Waals surface area contributed by atoms with Gasteiger partial charge in [-0.1, -0.05) is 0 Å². The molecule has 4 heterocycles. The molecule has 0 saturated carbocycles. The third kappa shape index (κ3) is 1.52. The first-order valence-corrected chi connectivity index (χ1v) is 6.73. The predicted octanol–water partition coefficient (Wildman–Crippen LogP) is 2.11. The molecule has 0 aromatic carbocycles. The number of rotatable bonds is 1. The SMILES string of the molecule is c1cc2ccoc2c(N2CCN3CCC[C@@H]3C2)n1. The zero-order valence-corrected chi connectivity index (χ0v) is 10.4. The quantitative estimate of drug-likeness (QED) is 0.768. The maximum Gasteiger partial charge on any atom is 0.176 e. The van der Waals surface area contributed by atoms with Crippen molar-refractivity contribution in [2.24, 2.45) is 0 Å². The lowest BCUT2D eigenvalue weighted by molar-refractivity contribution is 0.230. The monoisotopic (exact) mass is 243 g/mol. The Hall–Kier alpha value is -1.55. The molecule has 0 aliphatic carbocycles. The van der Waals surface area contributed by atoms with Gasteiger partial charge in [0.05, 0.1) is 6.26 Å². The third-order valence-corrected chi connectivity index (χ3v) is 4.24. The van der Waals surface area contributed by atoms with Crippen molar-refractivity contribution < 1.29 is 4.42 Å². The summed E-state index contributed by atoms with van der Waals surface area (Å²) < 4.78 is 5.60. The van der Waals surface area contributed by atoms with Gasteiger partial charge in [0.1, 0.15) is 0 Å². The molecule has 18 heavy (non-hydrogen) atoms. The van der Waals surface area contributed by atoms with Gasteiger partial charge in [0.15, 0.2) is 11.4 Å². The van der Waals surface area contributed by atoms with Crippen LogP contribution in [0.25, 0.3) is 11.0 Å². The van der Waals surface area contributed by atoms with Gasteiger partial charge in [-0.25, -0.2) is 4.98 Å². The van der Waals surface area contributed by atoms with Crippen molar-refractivity contribution in [2.75, 3.05) is 31.1 Å². The van der Waals surface area contributed by atoms with E-state index < -0.39 is 0 Å². The van der Waals surface area contributed by atoms with E-state index in [1.165, 1.54) is 19.4 Å². The lowest BCUT2D eigenvalue weighted by atomic mass is 10.1. The number of nitrogens with zero attached hydrogens (tertiary/aromatic N) is 3. The van der Waals surface area contributed by atoms with E-state index in [4.69, 9.17) is 4.42 Å². The molecule has 94 valence electrons. The molecule has 2 fully saturated rings. The van der Waals surface area contributed by atoms with E-state index in [2.05, 4.69) is 14.8 Å². The molecule has 0 unspecified atom stereocenters. The van der Waals surface area contributed by atoms with Crippen LogP contribution in [0.1, 0.15) is 12.8 Å². The Labute approximate surface area is 106 Å². The fourth-order valence-electron chi connectivity index (χ4n) is 3.29. The summed E-state index contributed by atoms with van der Waals surface area (Å²) in [4.78, 5) is 9.53. The second kappa shape index (κ2) is 3.99. The van der Waals surface area contributed by atoms with Gasteiger partial charge in [-0.05, 0) is 31.5 Å². The van der Waals surface area contributed by atoms with Gasteiger partial charge in [-0.2, -0.15) is 0 Å². The van der Waals surface area contributed by atoms with Gasteiger partial charge < -0.3 is 9.32 Å². The van der Waals surface area contributed by atoms with Crippen LogP contribution in [0.4, 0.5) is 5.82 Å². The maximum absolute atomic E-state index is 5.60. The summed E-state index contributed by atoms with van der Waals surface area (Å²) in [7, 11) is 0. The molecule has 2 aromatic heterocycles. The molecular weight excluding hydrogens is 226 g/mol. The number of piperazine rings is 1. The molecule has 4 heteroatoms. The first kappa shape index (κ1) is 10.4. The lowest BCUT2D eigenvalue weighted by Crippen LogP contribution is -2.50. The molecule has 4 nitrogen and oxygen atoms in total. The summed E-state index contributed by atoms with van der Waals surface area (Å²) >= 11 is 0. The van der Waals surface area contributed by atoms with Gasteiger partial charge in [-0.15, -0.1) is 0 Å². The Morgan fingerprint density at radius 3 is 3.22 bits per heavy atom. The van der Waals surface area contributed by atoms with Gasteiger partial charge in [0, 0.05) is 37.3 Å². The van der Waals surface area contributed by atoms with Crippen molar-refractivity contribution in [3.8, 4) is 0 Å². The van der Waals surface area contributed by atoms with Crippen LogP contribution in [0, 0.1) is 0 Å². The van der Waals surface area contributed by atoms with E-state index in [1.807, 2.05) is 18.3 Å². The molecule has 0 radical (unpaired) electrons. The van der Waals surface area contributed by atoms with Gasteiger partial charge in [0.2, 0.25) is 0 Å². The van der Waals surface area contributed by atoms with Gasteiger partial charge in [0.25, 0.3) is 0 Å². The van der Waals surface area contributed by atoms with Gasteiger partial charge in [-0.3, -0.25) is 4.90 Å². The van der Waals surface area contributed by atoms with E-state index in [9.17, 15) is 0 Å². The summed E-state index contributed by atoms with van der Waals surface area (Å²) in [5, 5.41) is 1.15. The number of pyridine rings is 1. The first-order valence-electron chi connectivity index (χ1n) is 6.73. The molecule has 0 bridgehead atoms. The van der Waals surface area contributed by atoms with Crippen LogP contribution in [0.2, 0.25) is 0 Å². The van der Waals surface area contributed by atoms with Crippen molar-refractivity contribution >= 4 is 16.8 Å². The minimum Gasteiger partial charge on any atom is -0.460 e. The Morgan fingerprint density at radius 1 is 1.22 bits per heavy atom. The zero-order valence-electron chi connectivity index (χ0n) is 10.4. The average Bonchev–Trinajstić information content (AvgIpc) is 3.05. The molecule has 4 rings (SSSR count). The standard InChI is InChI=1S/C14H17N3O/c1-2-12-10-17(8-7-16(12)6-1)14-13-11(3-5-15-14)4-9-18-13/h3-5,9,12H,1-2,6-8,10H2/t12-/m1/s1. The highest BCUT2D eigenvalue weighted by Crippen LogP contribution is 2.29. The molecule has 2 aliphatic heterocycles. The molecule has 0 spiro atoms. The minimum atomic E-state index is 0.714. The maximum atomic E-state index is 5.60. The first-order chi connectivity index (χ1) is 8.92. The molecule has 0 amide bonds. The summed E-state index contributed by atoms with van der Waals surface area (Å²) in [6.45, 7) is 4.58. The zero-order chi connectivity index (χ0) is 11.9. The highest BCUT2D eigenvalue weighted by Gasteiger charge is 2.31. The highest BCUT2D eigenvalue weighted by atomic mass is 16.3. The fourth-order valence-corrected chi connectivity index (χ4v) is 3.29. The van der Waals surface area contributed by atoms with Crippen LogP contribution in [0.3, 0.4) is 0 Å². The summed E-state index contributed by atoms with van der Waals surface area (Å²) in [6.07, 6.45) is 6.30. The smallest absolute Gasteiger partial charge is 0.176 e. The highest BCUT2D eigenvalue weighted by molar-refractivity contribution is 5.87. The molecule has 2 aliphatic rings. The Kier molecular flexibility index (Phi) is 2.30. The Morgan fingerprint density at radius 2 is 2.22 bits per heavy atom. The van der Waals surface area contributed by atoms with Crippen LogP contribution in [0.5, 0.6) is 0 Å². The van der Waals surface area contributed by atoms with Crippen LogP contribution in [-0.4, -0.2) is 42.1 Å². The van der Waals surface area contributed by atoms with E-state index in [0.717, 1.165) is 36.4 Å². The van der Waals surface area contributed by atoms with Crippen molar-refractivity contribution in [3.05, 3.63) is 24.6 Å². The second-order valence-electron chi connectivity index (χ2n) is 5.25. The van der Waals surface area contributed by atoms with Crippen molar-refractivity contribution in [1.29, 1.82) is 0 Å². The lowest BCUT2D eigenvalue weighted by Gasteiger charge is -2.38. The fraction of sp³-hybridized carbons (Fsp3) is 0.500. The largest absolute Gasteiger partial charge is 0.460 e. The third-order valence-electron chi connectivity index (χ3n) is 4.24. The van der Waals surface area contributed by atoms with E-state index in [1.54, 1.807) is 6.26 Å². The Balaban J connectivity index is 1.68. The van der Waals surface area contributed by atoms with Crippen molar-refractivity contribution in [3.63, 3.8) is 0 Å². The number of aromatic nitrogens is 1. The minimum absolute atomic E-state index is 0.714. The van der Waals surface area contributed by atoms with Crippen LogP contribution in [0.15, 0.2) is 29.0 Å². The van der Waals surface area contributed by atoms with Crippen LogP contribution in [-0.2, 0) is 0 Å². The molecule has 1 atom stereocenters. The summed E-state index contributed by atoms with van der Waals surface area (Å²) in [5.74, 6) is 1.02. The van der Waals surface area contributed by atoms with E-state index >= 15 is 0 Å². The molecular formula is C14H17N3O. The summed E-state index contributed by atoms with van der Waals surface area (Å²) in [6, 6.07) is 4.73. The van der Waals surface area contributed by atoms with E-state index in [-0.39, 0.29) is 0 Å². The van der Waals surface area contributed by atoms with Crippen molar-refractivity contribution in [2.45, 2.75) is 18.9 Å². The normalized spacial score (nSPS) is 24.7. The van der Waals surface area contributed by atoms with Crippen molar-refractivity contribution in [1.82, 2.24) is 9.88 Å². The topological polar surface area (TPSA) is 32.5 Å². The van der Waals surface area contributed by atoms with Crippen LogP contribution >= 0.6 is 0 Å². The van der Waals surface area contributed by atoms with E-state index in [0.29, 0.717) is 6.04 Å². The van der Waals surface area contributed by atoms with Gasteiger partial charge >= 0.3 is 0 Å². The predicted molar refractivity (Wildman–Crippen MR) is 70.8 cm³/mol. The number of furan rings is 1.